The first-order valence-corrected chi connectivity index (χ1v) is 19.9. The molecule has 0 bridgehead atoms. The lowest BCUT2D eigenvalue weighted by atomic mass is 9.93. The van der Waals surface area contributed by atoms with E-state index in [1.165, 1.54) is 0 Å². The van der Waals surface area contributed by atoms with Gasteiger partial charge < -0.3 is 0 Å². The fourth-order valence-electron chi connectivity index (χ4n) is 7.61. The molecule has 0 unspecified atom stereocenters. The number of pyridine rings is 6. The van der Waals surface area contributed by atoms with Gasteiger partial charge in [0.25, 0.3) is 0 Å². The molecule has 6 heteroatoms. The van der Waals surface area contributed by atoms with E-state index in [4.69, 9.17) is 0 Å². The van der Waals surface area contributed by atoms with E-state index in [0.717, 1.165) is 83.8 Å². The molecule has 0 N–H and O–H groups in total. The van der Waals surface area contributed by atoms with E-state index in [1.807, 2.05) is 73.6 Å². The smallest absolute Gasteiger partial charge is 0.210 e. The number of benzene rings is 4. The van der Waals surface area contributed by atoms with E-state index in [-0.39, 0.29) is 0 Å². The number of rotatable bonds is 9. The van der Waals surface area contributed by atoms with Gasteiger partial charge >= 0.3 is 0 Å². The van der Waals surface area contributed by atoms with Crippen molar-refractivity contribution in [3.8, 4) is 83.8 Å². The molecule has 0 spiro atoms. The molecular weight excluding hydrogens is 733 g/mol. The van der Waals surface area contributed by atoms with Crippen LogP contribution >= 0.6 is 0 Å². The topological polar surface area (TPSA) is 50.3 Å². The maximum Gasteiger partial charge on any atom is 0.210 e. The van der Waals surface area contributed by atoms with Crippen LogP contribution in [0, 0.1) is 0 Å². The molecule has 0 saturated carbocycles. The minimum atomic E-state index is 1.10. The van der Waals surface area contributed by atoms with Gasteiger partial charge in [0.05, 0.1) is 0 Å². The predicted octanol–water partition coefficient (Wildman–Crippen LogP) is 10.7. The number of hydrogen-bond acceptors (Lipinski definition) is 3. The van der Waals surface area contributed by atoms with Crippen molar-refractivity contribution in [1.82, 2.24) is 15.0 Å². The summed E-state index contributed by atoms with van der Waals surface area (Å²) in [4.78, 5) is 12.5. The van der Waals surface area contributed by atoms with Crippen LogP contribution in [-0.4, -0.2) is 15.0 Å². The van der Waals surface area contributed by atoms with E-state index in [1.54, 1.807) is 0 Å². The van der Waals surface area contributed by atoms with E-state index in [9.17, 15) is 0 Å². The third-order valence-electron chi connectivity index (χ3n) is 11.0. The highest BCUT2D eigenvalue weighted by Crippen LogP contribution is 2.34. The van der Waals surface area contributed by atoms with Gasteiger partial charge in [0.15, 0.2) is 37.2 Å². The van der Waals surface area contributed by atoms with Gasteiger partial charge in [-0.2, -0.15) is 13.7 Å². The molecule has 0 saturated heterocycles. The SMILES string of the molecule is c1cc(-c2cc[n+](-c3ccc(-c4cc(-c5ccc(-[n+]6ccc(-c7ccncc7)cc6)cc5)cc(-c5ccc(-[n+]6ccc(-c7ccncc7)cc6)cc5)c4)cc3)cc2)ccn1. The molecular formula is C54H39N6+3. The number of aromatic nitrogens is 6. The first kappa shape index (κ1) is 36.1. The number of hydrogen-bond donors (Lipinski definition) is 0. The Kier molecular flexibility index (Phi) is 9.84. The first-order chi connectivity index (χ1) is 29.7. The second kappa shape index (κ2) is 16.3. The van der Waals surface area contributed by atoms with Crippen LogP contribution in [0.4, 0.5) is 0 Å². The summed E-state index contributed by atoms with van der Waals surface area (Å²) in [6, 6.07) is 58.3. The van der Waals surface area contributed by atoms with Gasteiger partial charge in [0.1, 0.15) is 0 Å². The Morgan fingerprint density at radius 2 is 0.400 bits per heavy atom. The molecule has 10 rings (SSSR count). The molecule has 60 heavy (non-hydrogen) atoms. The van der Waals surface area contributed by atoms with E-state index in [0.29, 0.717) is 0 Å². The van der Waals surface area contributed by atoms with Crippen molar-refractivity contribution in [3.63, 3.8) is 0 Å². The van der Waals surface area contributed by atoms with Crippen LogP contribution in [0.3, 0.4) is 0 Å². The van der Waals surface area contributed by atoms with Gasteiger partial charge in [-0.3, -0.25) is 15.0 Å². The molecule has 0 amide bonds. The van der Waals surface area contributed by atoms with Crippen LogP contribution in [0.15, 0.2) is 238 Å². The molecule has 10 aromatic rings. The van der Waals surface area contributed by atoms with Gasteiger partial charge in [-0.15, -0.1) is 0 Å². The van der Waals surface area contributed by atoms with E-state index < -0.39 is 0 Å². The Hall–Kier alpha value is -8.22. The monoisotopic (exact) mass is 771 g/mol. The summed E-state index contributed by atoms with van der Waals surface area (Å²) in [6.07, 6.45) is 23.6. The van der Waals surface area contributed by atoms with Crippen molar-refractivity contribution < 1.29 is 13.7 Å². The Bertz CT molecular complexity index is 2650. The maximum absolute atomic E-state index is 4.16. The molecule has 282 valence electrons. The summed E-state index contributed by atoms with van der Waals surface area (Å²) in [5.41, 5.74) is 17.1. The quantitative estimate of drug-likeness (QED) is 0.137. The summed E-state index contributed by atoms with van der Waals surface area (Å²) in [6.45, 7) is 0. The standard InChI is InChI=1S/C54H39N6/c1-7-52(58-31-19-46(20-32-58)43-13-25-55-26-14-43)8-2-40(1)49-37-50(41-3-9-53(10-4-41)59-33-21-47(22-34-59)44-15-27-56-28-16-44)39-51(38-49)42-5-11-54(12-6-42)60-35-23-48(24-36-60)45-17-29-57-30-18-45/h1-39H/q+3. The Labute approximate surface area is 349 Å². The molecule has 0 atom stereocenters. The molecule has 0 aliphatic rings. The van der Waals surface area contributed by atoms with Crippen molar-refractivity contribution in [2.75, 3.05) is 0 Å². The minimum absolute atomic E-state index is 1.10. The Morgan fingerprint density at radius 3 is 0.633 bits per heavy atom. The highest BCUT2D eigenvalue weighted by atomic mass is 14.9. The lowest BCUT2D eigenvalue weighted by molar-refractivity contribution is -0.595. The average molecular weight is 772 g/mol. The highest BCUT2D eigenvalue weighted by molar-refractivity contribution is 5.81. The zero-order valence-electron chi connectivity index (χ0n) is 32.7. The molecule has 6 nitrogen and oxygen atoms in total. The van der Waals surface area contributed by atoms with E-state index >= 15 is 0 Å². The average Bonchev–Trinajstić information content (AvgIpc) is 3.35. The van der Waals surface area contributed by atoms with Gasteiger partial charge in [-0.25, -0.2) is 0 Å². The normalized spacial score (nSPS) is 11.0. The molecule has 4 aromatic carbocycles. The van der Waals surface area contributed by atoms with Crippen molar-refractivity contribution >= 4 is 0 Å². The second-order valence-corrected chi connectivity index (χ2v) is 14.6. The Balaban J connectivity index is 0.960. The third kappa shape index (κ3) is 7.73. The van der Waals surface area contributed by atoms with Crippen LogP contribution in [0.25, 0.3) is 83.8 Å². The van der Waals surface area contributed by atoms with E-state index in [2.05, 4.69) is 193 Å². The maximum atomic E-state index is 4.16. The van der Waals surface area contributed by atoms with Crippen LogP contribution in [-0.2, 0) is 0 Å². The lowest BCUT2D eigenvalue weighted by Crippen LogP contribution is -2.29. The van der Waals surface area contributed by atoms with Crippen LogP contribution in [0.2, 0.25) is 0 Å². The summed E-state index contributed by atoms with van der Waals surface area (Å²) in [5, 5.41) is 0. The van der Waals surface area contributed by atoms with Crippen molar-refractivity contribution in [2.45, 2.75) is 0 Å². The van der Waals surface area contributed by atoms with Crippen molar-refractivity contribution in [2.24, 2.45) is 0 Å². The first-order valence-electron chi connectivity index (χ1n) is 19.9. The number of nitrogens with zero attached hydrogens (tertiary/aromatic N) is 6. The van der Waals surface area contributed by atoms with Gasteiger partial charge in [-0.05, 0) is 158 Å². The van der Waals surface area contributed by atoms with Crippen molar-refractivity contribution in [3.05, 3.63) is 238 Å². The van der Waals surface area contributed by atoms with Crippen LogP contribution < -0.4 is 13.7 Å². The van der Waals surface area contributed by atoms with Gasteiger partial charge in [-0.1, -0.05) is 0 Å². The zero-order valence-corrected chi connectivity index (χ0v) is 32.7. The minimum Gasteiger partial charge on any atom is -0.265 e. The fourth-order valence-corrected chi connectivity index (χ4v) is 7.61. The second-order valence-electron chi connectivity index (χ2n) is 14.6. The molecule has 0 aliphatic carbocycles. The van der Waals surface area contributed by atoms with Gasteiger partial charge in [0.2, 0.25) is 17.1 Å². The summed E-state index contributed by atoms with van der Waals surface area (Å²) >= 11 is 0. The summed E-state index contributed by atoms with van der Waals surface area (Å²) < 4.78 is 6.44. The molecule has 0 radical (unpaired) electrons. The van der Waals surface area contributed by atoms with Crippen LogP contribution in [0.5, 0.6) is 0 Å². The fraction of sp³-hybridized carbons (Fsp3) is 0. The largest absolute Gasteiger partial charge is 0.265 e. The lowest BCUT2D eigenvalue weighted by Gasteiger charge is -2.12. The van der Waals surface area contributed by atoms with Crippen LogP contribution in [0.1, 0.15) is 0 Å². The van der Waals surface area contributed by atoms with Gasteiger partial charge in [0, 0.05) is 110 Å². The third-order valence-corrected chi connectivity index (χ3v) is 11.0. The molecule has 6 heterocycles. The molecule has 0 aliphatic heterocycles. The Morgan fingerprint density at radius 1 is 0.200 bits per heavy atom. The predicted molar refractivity (Wildman–Crippen MR) is 237 cm³/mol. The summed E-state index contributed by atoms with van der Waals surface area (Å²) in [7, 11) is 0. The van der Waals surface area contributed by atoms with Crippen molar-refractivity contribution in [1.29, 1.82) is 0 Å². The summed E-state index contributed by atoms with van der Waals surface area (Å²) in [5.74, 6) is 0. The molecule has 0 fully saturated rings. The zero-order chi connectivity index (χ0) is 40.1. The highest BCUT2D eigenvalue weighted by Gasteiger charge is 2.14. The molecule has 6 aromatic heterocycles.